The molecule has 2 N–H and O–H groups in total. The maximum Gasteiger partial charge on any atom is 0.357 e. The number of para-hydroxylation sites is 2. The van der Waals surface area contributed by atoms with Crippen molar-refractivity contribution < 1.29 is 21.5 Å². The molecule has 4 rings (SSSR count). The van der Waals surface area contributed by atoms with Crippen LogP contribution in [0.4, 0.5) is 5.95 Å². The van der Waals surface area contributed by atoms with E-state index in [9.17, 15) is 0 Å². The first-order valence-electron chi connectivity index (χ1n) is 9.48. The number of hydrogen-bond donors (Lipinski definition) is 1. The molecular formula is C23H22Br3N3S2. The van der Waals surface area contributed by atoms with Gasteiger partial charge in [0.2, 0.25) is 0 Å². The van der Waals surface area contributed by atoms with Gasteiger partial charge in [-0.1, -0.05) is 47.8 Å². The zero-order chi connectivity index (χ0) is 21.3. The Labute approximate surface area is 218 Å². The van der Waals surface area contributed by atoms with Crippen LogP contribution in [-0.4, -0.2) is 4.57 Å². The Morgan fingerprint density at radius 1 is 0.871 bits per heavy atom. The Bertz CT molecular complexity index is 1130. The van der Waals surface area contributed by atoms with Crippen LogP contribution >= 0.6 is 55.4 Å². The van der Waals surface area contributed by atoms with Crippen molar-refractivity contribution in [3.8, 4) is 0 Å². The Hall–Kier alpha value is -0.930. The fraction of sp³-hybridized carbons (Fsp3) is 0.174. The van der Waals surface area contributed by atoms with Crippen LogP contribution in [0.2, 0.25) is 0 Å². The first-order valence-corrected chi connectivity index (χ1v) is 13.0. The van der Waals surface area contributed by atoms with Crippen LogP contribution < -0.4 is 27.3 Å². The van der Waals surface area contributed by atoms with Gasteiger partial charge in [0, 0.05) is 18.7 Å². The standard InChI is InChI=1S/C23H21Br2N3S2.BrH/c1-15-7-9-21(17(24)11-15)29-13-27-19-5-3-4-6-20(19)28(23(27)26)14-30-22-10-8-16(2)12-18(22)25;/h3-12,26H,13-14H2,1-2H3;1H. The normalized spacial score (nSPS) is 11.0. The maximum absolute atomic E-state index is 6.64. The Balaban J connectivity index is 0.00000272. The van der Waals surface area contributed by atoms with E-state index in [0.717, 1.165) is 37.7 Å². The lowest BCUT2D eigenvalue weighted by atomic mass is 10.2. The molecule has 0 fully saturated rings. The molecule has 0 unspecified atom stereocenters. The van der Waals surface area contributed by atoms with Crippen molar-refractivity contribution in [2.75, 3.05) is 5.73 Å². The number of thioether (sulfide) groups is 2. The highest BCUT2D eigenvalue weighted by Gasteiger charge is 2.21. The molecule has 0 aliphatic heterocycles. The maximum atomic E-state index is 6.64. The van der Waals surface area contributed by atoms with Gasteiger partial charge in [-0.3, -0.25) is 5.73 Å². The number of nitrogens with two attached hydrogens (primary N) is 1. The number of hydrogen-bond acceptors (Lipinski definition) is 3. The van der Waals surface area contributed by atoms with Gasteiger partial charge in [-0.05, 0) is 93.2 Å². The third kappa shape index (κ3) is 5.53. The first kappa shape index (κ1) is 24.7. The van der Waals surface area contributed by atoms with Gasteiger partial charge >= 0.3 is 5.95 Å². The molecule has 31 heavy (non-hydrogen) atoms. The van der Waals surface area contributed by atoms with Crippen LogP contribution in [0, 0.1) is 13.8 Å². The van der Waals surface area contributed by atoms with Crippen molar-refractivity contribution in [3.05, 3.63) is 80.7 Å². The molecule has 0 aliphatic carbocycles. The van der Waals surface area contributed by atoms with Gasteiger partial charge in [0.15, 0.2) is 0 Å². The van der Waals surface area contributed by atoms with E-state index in [1.807, 2.05) is 0 Å². The molecule has 4 aromatic rings. The summed E-state index contributed by atoms with van der Waals surface area (Å²) in [4.78, 5) is 2.42. The predicted molar refractivity (Wildman–Crippen MR) is 136 cm³/mol. The number of nitrogen functional groups attached to an aromatic ring is 1. The van der Waals surface area contributed by atoms with Gasteiger partial charge in [0.1, 0.15) is 22.8 Å². The molecule has 3 nitrogen and oxygen atoms in total. The van der Waals surface area contributed by atoms with E-state index >= 15 is 0 Å². The van der Waals surface area contributed by atoms with Crippen molar-refractivity contribution in [2.24, 2.45) is 0 Å². The number of aryl methyl sites for hydroxylation is 2. The quantitative estimate of drug-likeness (QED) is 0.253. The van der Waals surface area contributed by atoms with Gasteiger partial charge < -0.3 is 17.0 Å². The number of aromatic nitrogens is 2. The molecule has 1 aromatic heterocycles. The summed E-state index contributed by atoms with van der Waals surface area (Å²) >= 11 is 10.9. The molecule has 0 radical (unpaired) electrons. The van der Waals surface area contributed by atoms with E-state index in [2.05, 4.69) is 116 Å². The van der Waals surface area contributed by atoms with E-state index in [0.29, 0.717) is 0 Å². The second kappa shape index (κ2) is 10.8. The van der Waals surface area contributed by atoms with Crippen LogP contribution in [-0.2, 0) is 11.8 Å². The largest absolute Gasteiger partial charge is 1.00 e. The average molecular weight is 644 g/mol. The van der Waals surface area contributed by atoms with Gasteiger partial charge in [0.05, 0.1) is 0 Å². The van der Waals surface area contributed by atoms with E-state index in [-0.39, 0.29) is 17.0 Å². The molecule has 0 spiro atoms. The summed E-state index contributed by atoms with van der Waals surface area (Å²) in [6.45, 7) is 4.20. The van der Waals surface area contributed by atoms with E-state index in [4.69, 9.17) is 5.73 Å². The molecule has 3 aromatic carbocycles. The topological polar surface area (TPSA) is 34.8 Å². The fourth-order valence-corrected chi connectivity index (χ4v) is 6.77. The highest BCUT2D eigenvalue weighted by Crippen LogP contribution is 2.32. The number of benzene rings is 3. The van der Waals surface area contributed by atoms with Crippen molar-refractivity contribution in [1.29, 1.82) is 0 Å². The Morgan fingerprint density at radius 2 is 1.45 bits per heavy atom. The van der Waals surface area contributed by atoms with E-state index in [1.54, 1.807) is 23.5 Å². The molecule has 162 valence electrons. The molecule has 0 saturated heterocycles. The summed E-state index contributed by atoms with van der Waals surface area (Å²) in [5.41, 5.74) is 11.4. The smallest absolute Gasteiger partial charge is 0.357 e. The lowest BCUT2D eigenvalue weighted by molar-refractivity contribution is -0.635. The number of halogens is 3. The summed E-state index contributed by atoms with van der Waals surface area (Å²) in [6, 6.07) is 21.3. The number of fused-ring (bicyclic) bond motifs is 1. The van der Waals surface area contributed by atoms with Crippen molar-refractivity contribution in [2.45, 2.75) is 35.4 Å². The average Bonchev–Trinajstić information content (AvgIpc) is 2.98. The van der Waals surface area contributed by atoms with E-state index in [1.165, 1.54) is 20.9 Å². The minimum Gasteiger partial charge on any atom is -1.00 e. The lowest BCUT2D eigenvalue weighted by Gasteiger charge is -2.06. The number of rotatable bonds is 6. The Kier molecular flexibility index (Phi) is 8.60. The minimum atomic E-state index is 0. The van der Waals surface area contributed by atoms with Crippen LogP contribution in [0.25, 0.3) is 11.0 Å². The fourth-order valence-electron chi connectivity index (χ4n) is 3.30. The summed E-state index contributed by atoms with van der Waals surface area (Å²) in [6.07, 6.45) is 0. The SMILES string of the molecule is Cc1ccc(SCn2c(N)[n+](CSc3ccc(C)cc3Br)c3ccccc32)c(Br)c1.[Br-]. The second-order valence-electron chi connectivity index (χ2n) is 7.12. The molecule has 1 heterocycles. The summed E-state index contributed by atoms with van der Waals surface area (Å²) in [5, 5.41) is 0. The third-order valence-electron chi connectivity index (χ3n) is 4.89. The Morgan fingerprint density at radius 3 is 2.06 bits per heavy atom. The predicted octanol–water partition coefficient (Wildman–Crippen LogP) is 4.16. The van der Waals surface area contributed by atoms with Gasteiger partial charge in [-0.25, -0.2) is 9.13 Å². The molecule has 0 atom stereocenters. The summed E-state index contributed by atoms with van der Waals surface area (Å²) < 4.78 is 6.62. The monoisotopic (exact) mass is 641 g/mol. The summed E-state index contributed by atoms with van der Waals surface area (Å²) in [7, 11) is 0. The molecule has 0 saturated carbocycles. The first-order chi connectivity index (χ1) is 14.4. The lowest BCUT2D eigenvalue weighted by Crippen LogP contribution is -3.00. The molecule has 0 amide bonds. The van der Waals surface area contributed by atoms with Crippen LogP contribution in [0.5, 0.6) is 0 Å². The van der Waals surface area contributed by atoms with Crippen molar-refractivity contribution in [3.63, 3.8) is 0 Å². The molecular weight excluding hydrogens is 622 g/mol. The van der Waals surface area contributed by atoms with Crippen LogP contribution in [0.15, 0.2) is 79.4 Å². The number of nitrogens with zero attached hydrogens (tertiary/aromatic N) is 2. The third-order valence-corrected chi connectivity index (χ3v) is 8.84. The zero-order valence-electron chi connectivity index (χ0n) is 17.1. The molecule has 0 bridgehead atoms. The van der Waals surface area contributed by atoms with E-state index < -0.39 is 0 Å². The van der Waals surface area contributed by atoms with Crippen LogP contribution in [0.3, 0.4) is 0 Å². The second-order valence-corrected chi connectivity index (χ2v) is 10.8. The van der Waals surface area contributed by atoms with Crippen LogP contribution in [0.1, 0.15) is 11.1 Å². The van der Waals surface area contributed by atoms with Crippen molar-refractivity contribution in [1.82, 2.24) is 4.57 Å². The number of imidazole rings is 1. The van der Waals surface area contributed by atoms with Gasteiger partial charge in [0.25, 0.3) is 0 Å². The zero-order valence-corrected chi connectivity index (χ0v) is 23.5. The molecule has 8 heteroatoms. The number of anilines is 1. The van der Waals surface area contributed by atoms with Gasteiger partial charge in [-0.15, -0.1) is 0 Å². The highest BCUT2D eigenvalue weighted by molar-refractivity contribution is 9.10. The summed E-state index contributed by atoms with van der Waals surface area (Å²) in [5.74, 6) is 2.27. The van der Waals surface area contributed by atoms with Gasteiger partial charge in [-0.2, -0.15) is 0 Å². The highest BCUT2D eigenvalue weighted by atomic mass is 79.9. The van der Waals surface area contributed by atoms with Crippen molar-refractivity contribution >= 4 is 72.4 Å². The minimum absolute atomic E-state index is 0. The molecule has 0 aliphatic rings.